The summed E-state index contributed by atoms with van der Waals surface area (Å²) in [5.74, 6) is 1.76. The Morgan fingerprint density at radius 2 is 0.847 bits per heavy atom. The van der Waals surface area contributed by atoms with Crippen LogP contribution in [0.1, 0.15) is 78.5 Å². The molecule has 7 aromatic heterocycles. The zero-order chi connectivity index (χ0) is 90.7. The molecule has 15 heteroatoms. The van der Waals surface area contributed by atoms with Crippen molar-refractivity contribution in [1.29, 1.82) is 0 Å². The fourth-order valence-corrected chi connectivity index (χ4v) is 27.3. The van der Waals surface area contributed by atoms with Gasteiger partial charge in [-0.25, -0.2) is 0 Å². The van der Waals surface area contributed by atoms with E-state index >= 15 is 0 Å². The third kappa shape index (κ3) is 8.86. The number of benzene rings is 15. The Bertz CT molecular complexity index is 9370. The SMILES string of the molecule is Cc1cc(-c2ccccc2)ccc1-c1c[n+]2n(c1C)-c1cccc3c1C21c2c(ccc4c5ccccc5n-3c24)-n2c(C)cc(C)[n+]21.Cc1cc(-c2ccccc2)ccc1-c1cn2[n+](c1C)C13c4c(cccc4-2)-n2c4ccccc4c4ccc(c1c42)N1C=CN(C)C13.Cc1cc(-c2ccccc2)ccc1-c1cn2[n+](c1C)C13c4c(cccc4N4c5ccccc5Oc5ccc-2c1c54)-c1cccc[n+]13. The van der Waals surface area contributed by atoms with Gasteiger partial charge in [-0.1, -0.05) is 223 Å². The van der Waals surface area contributed by atoms with Gasteiger partial charge in [0.1, 0.15) is 34.0 Å². The maximum absolute atomic E-state index is 6.66. The molecule has 0 saturated carbocycles. The first kappa shape index (κ1) is 75.4. The van der Waals surface area contributed by atoms with Gasteiger partial charge in [-0.15, -0.1) is 23.3 Å². The third-order valence-electron chi connectivity index (χ3n) is 32.4. The Hall–Kier alpha value is -17.2. The smallest absolute Gasteiger partial charge is 0.453 e. The summed E-state index contributed by atoms with van der Waals surface area (Å²) in [5, 5.41) is 5.24. The van der Waals surface area contributed by atoms with E-state index in [0.717, 1.165) is 22.9 Å². The molecule has 648 valence electrons. The lowest BCUT2D eigenvalue weighted by Crippen LogP contribution is -2.75. The summed E-state index contributed by atoms with van der Waals surface area (Å²) in [6, 6.07) is 122. The van der Waals surface area contributed by atoms with Crippen LogP contribution >= 0.6 is 0 Å². The van der Waals surface area contributed by atoms with Gasteiger partial charge in [0.2, 0.25) is 29.0 Å². The molecule has 0 aliphatic carbocycles. The monoisotopic (exact) mass is 1770 g/mol. The van der Waals surface area contributed by atoms with Crippen molar-refractivity contribution < 1.29 is 28.0 Å². The number of fused-ring (bicyclic) bond motifs is 23. The average Bonchev–Trinajstić information content (AvgIpc) is 1.47. The quantitative estimate of drug-likeness (QED) is 0.156. The second kappa shape index (κ2) is 26.0. The average molecular weight is 1770 g/mol. The number of rotatable bonds is 6. The second-order valence-corrected chi connectivity index (χ2v) is 39.1. The van der Waals surface area contributed by atoms with Gasteiger partial charge in [0.05, 0.1) is 108 Å². The van der Waals surface area contributed by atoms with E-state index in [0.29, 0.717) is 0 Å². The molecule has 3 spiro atoms. The van der Waals surface area contributed by atoms with Crippen molar-refractivity contribution >= 4 is 66.4 Å². The van der Waals surface area contributed by atoms with Crippen molar-refractivity contribution in [2.75, 3.05) is 16.8 Å². The van der Waals surface area contributed by atoms with Crippen LogP contribution in [0.25, 0.3) is 156 Å². The van der Waals surface area contributed by atoms with Crippen molar-refractivity contribution in [3.63, 3.8) is 0 Å². The summed E-state index contributed by atoms with van der Waals surface area (Å²) < 4.78 is 34.3. The maximum atomic E-state index is 6.66. The van der Waals surface area contributed by atoms with E-state index in [4.69, 9.17) is 4.74 Å². The molecule has 15 nitrogen and oxygen atoms in total. The van der Waals surface area contributed by atoms with Gasteiger partial charge in [0, 0.05) is 80.0 Å². The largest absolute Gasteiger partial charge is 0.466 e. The highest BCUT2D eigenvalue weighted by atomic mass is 16.5. The molecule has 0 fully saturated rings. The van der Waals surface area contributed by atoms with E-state index in [-0.39, 0.29) is 6.17 Å². The van der Waals surface area contributed by atoms with Crippen LogP contribution in [0.3, 0.4) is 0 Å². The molecule has 137 heavy (non-hydrogen) atoms. The minimum atomic E-state index is -0.616. The number of aryl methyl sites for hydroxylation is 5. The molecule has 33 rings (SSSR count). The molecule has 4 unspecified atom stereocenters. The van der Waals surface area contributed by atoms with Gasteiger partial charge in [-0.05, 0) is 212 Å². The molecule has 22 aromatic rings. The summed E-state index contributed by atoms with van der Waals surface area (Å²) >= 11 is 0. The van der Waals surface area contributed by atoms with Crippen LogP contribution < -0.4 is 37.8 Å². The van der Waals surface area contributed by atoms with Crippen molar-refractivity contribution in [2.24, 2.45) is 0 Å². The van der Waals surface area contributed by atoms with Gasteiger partial charge < -0.3 is 28.6 Å². The van der Waals surface area contributed by atoms with E-state index in [9.17, 15) is 0 Å². The summed E-state index contributed by atoms with van der Waals surface area (Å²) in [6.45, 7) is 18.1. The molecule has 0 saturated heterocycles. The molecule has 4 atom stereocenters. The zero-order valence-electron chi connectivity index (χ0n) is 77.0. The van der Waals surface area contributed by atoms with E-state index in [1.54, 1.807) is 0 Å². The van der Waals surface area contributed by atoms with Crippen molar-refractivity contribution in [2.45, 2.75) is 78.4 Å². The lowest BCUT2D eigenvalue weighted by molar-refractivity contribution is -1.02. The minimum Gasteiger partial charge on any atom is -0.453 e. The predicted molar refractivity (Wildman–Crippen MR) is 539 cm³/mol. The molecule has 0 bridgehead atoms. The third-order valence-corrected chi connectivity index (χ3v) is 32.4. The minimum absolute atomic E-state index is 0.0824. The van der Waals surface area contributed by atoms with E-state index < -0.39 is 16.9 Å². The number of hydrogen-bond acceptors (Lipinski definition) is 4. The first-order valence-electron chi connectivity index (χ1n) is 47.8. The van der Waals surface area contributed by atoms with Gasteiger partial charge >= 0.3 is 11.3 Å². The molecule has 11 aliphatic heterocycles. The molecular formula is C122H89N14O+5. The zero-order valence-corrected chi connectivity index (χ0v) is 77.0. The van der Waals surface area contributed by atoms with Gasteiger partial charge in [0.15, 0.2) is 40.6 Å². The van der Waals surface area contributed by atoms with Crippen LogP contribution in [-0.4, -0.2) is 46.0 Å². The molecule has 0 N–H and O–H groups in total. The lowest BCUT2D eigenvalue weighted by Gasteiger charge is -2.38. The highest BCUT2D eigenvalue weighted by Gasteiger charge is 2.77. The Morgan fingerprint density at radius 3 is 1.50 bits per heavy atom. The predicted octanol–water partition coefficient (Wildman–Crippen LogP) is 24.0. The van der Waals surface area contributed by atoms with Crippen LogP contribution in [0.5, 0.6) is 11.5 Å². The highest BCUT2D eigenvalue weighted by molar-refractivity contribution is 6.15. The van der Waals surface area contributed by atoms with Crippen LogP contribution in [0.2, 0.25) is 0 Å². The van der Waals surface area contributed by atoms with Gasteiger partial charge in [0.25, 0.3) is 5.54 Å². The molecule has 15 aromatic carbocycles. The van der Waals surface area contributed by atoms with Crippen LogP contribution in [0.4, 0.5) is 22.7 Å². The number of pyridine rings is 1. The van der Waals surface area contributed by atoms with Gasteiger partial charge in [-0.2, -0.15) is 0 Å². The topological polar surface area (TPSA) is 67.9 Å². The van der Waals surface area contributed by atoms with E-state index in [1.165, 1.54) is 246 Å². The fraction of sp³-hybridized carbons (Fsp3) is 0.107. The van der Waals surface area contributed by atoms with Crippen LogP contribution in [0.15, 0.2) is 371 Å². The Morgan fingerprint density at radius 1 is 0.328 bits per heavy atom. The summed E-state index contributed by atoms with van der Waals surface area (Å²) in [6.07, 6.45) is 14.0. The molecule has 0 radical (unpaired) electrons. The number of para-hydroxylation sites is 4. The summed E-state index contributed by atoms with van der Waals surface area (Å²) in [4.78, 5) is 7.36. The number of ether oxygens (including phenoxy) is 1. The first-order chi connectivity index (χ1) is 67.2. The van der Waals surface area contributed by atoms with Crippen LogP contribution in [0, 0.1) is 55.4 Å². The van der Waals surface area contributed by atoms with Crippen molar-refractivity contribution in [3.05, 3.63) is 449 Å². The Balaban J connectivity index is 0.0000000954. The van der Waals surface area contributed by atoms with Gasteiger partial charge in [-0.3, -0.25) is 0 Å². The summed E-state index contributed by atoms with van der Waals surface area (Å²) in [7, 11) is 2.24. The first-order valence-corrected chi connectivity index (χ1v) is 47.8. The van der Waals surface area contributed by atoms with Crippen molar-refractivity contribution in [3.8, 4) is 124 Å². The summed E-state index contributed by atoms with van der Waals surface area (Å²) in [5.41, 5.74) is 51.4. The number of hydrogen-bond donors (Lipinski definition) is 0. The molecular weight excluding hydrogens is 1680 g/mol. The Labute approximate surface area is 790 Å². The van der Waals surface area contributed by atoms with Crippen LogP contribution in [-0.2, 0) is 16.9 Å². The Kier molecular flexibility index (Phi) is 14.3. The second-order valence-electron chi connectivity index (χ2n) is 39.1. The molecule has 18 heterocycles. The standard InChI is InChI=1S/C41H31N5.C41H28N4O.C40H30N5/c1-24-21-29(28-11-6-5-7-12-28)17-18-30(24)33-23-42-41-38-35(15-10-16-36(38)45(42)27(33)4)43-34-14-9-8-13-31(34)32-19-20-37(39(41)40(32)43)44-25(2)22-26(3)46(41)44;1-25-23-28(27-11-4-3-5-12-27)18-19-29(25)31-24-43-34-20-21-37-40-39(34)41(45(43)26(31)2)38-30(32-14-8-9-22-42(32)41)13-10-16-35(38)44(40)33-15-6-7-17-36(33)46-37;1-24-22-27(26-10-5-4-6-11-26)16-17-28(24)31-23-43-34-14-9-15-35-36(34)40(45(43)25(31)2)37-33(42-21-20-41(3)39(40)42)19-18-30-29-12-7-8-13-32(29)44(35)38(30)37/h5-23H,1-4H3;3-24H,1-2H3;4-23,39H,1-3H3/q2*+2;+1. The fourth-order valence-electron chi connectivity index (χ4n) is 27.3. The number of nitrogens with zero attached hydrogens (tertiary/aromatic N) is 14. The normalized spacial score (nSPS) is 17.5. The number of aromatic nitrogens is 11. The number of likely N-dealkylation sites (N-methyl/N-ethyl adjacent to an activating group) is 1. The number of anilines is 4. The highest BCUT2D eigenvalue weighted by Crippen LogP contribution is 2.66. The van der Waals surface area contributed by atoms with E-state index in [1.807, 2.05) is 6.07 Å². The molecule has 11 aliphatic rings. The lowest BCUT2D eigenvalue weighted by atomic mass is 9.77. The molecule has 0 amide bonds. The maximum Gasteiger partial charge on any atom is 0.466 e. The van der Waals surface area contributed by atoms with Crippen molar-refractivity contribution in [1.82, 2.24) is 32.8 Å². The van der Waals surface area contributed by atoms with E-state index in [2.05, 4.69) is 493 Å².